The summed E-state index contributed by atoms with van der Waals surface area (Å²) in [6, 6.07) is 20.4. The van der Waals surface area contributed by atoms with Gasteiger partial charge in [-0.15, -0.1) is 0 Å². The van der Waals surface area contributed by atoms with Gasteiger partial charge in [-0.05, 0) is 119 Å². The predicted octanol–water partition coefficient (Wildman–Crippen LogP) is 6.48. The molecule has 18 nitrogen and oxygen atoms in total. The first kappa shape index (κ1) is 58.0. The molecule has 2 aromatic heterocycles. The highest BCUT2D eigenvalue weighted by Gasteiger charge is 2.44. The molecule has 18 heteroatoms. The van der Waals surface area contributed by atoms with E-state index in [-0.39, 0.29) is 35.9 Å². The molecule has 4 aromatic rings. The molecular weight excluding hydrogens is 977 g/mol. The molecule has 2 aromatic carbocycles. The smallest absolute Gasteiger partial charge is 0.245 e. The van der Waals surface area contributed by atoms with Crippen molar-refractivity contribution < 1.29 is 38.0 Å². The van der Waals surface area contributed by atoms with E-state index in [4.69, 9.17) is 38.5 Å². The molecule has 0 spiro atoms. The molecule has 4 atom stereocenters. The highest BCUT2D eigenvalue weighted by atomic mass is 16.6. The van der Waals surface area contributed by atoms with Crippen LogP contribution in [0.25, 0.3) is 11.3 Å². The van der Waals surface area contributed by atoms with Gasteiger partial charge in [-0.25, -0.2) is 14.6 Å². The van der Waals surface area contributed by atoms with Crippen molar-refractivity contribution in [3.05, 3.63) is 84.2 Å². The summed E-state index contributed by atoms with van der Waals surface area (Å²) in [5.41, 5.74) is 4.28. The van der Waals surface area contributed by atoms with E-state index in [0.717, 1.165) is 120 Å². The topological polar surface area (TPSA) is 179 Å². The van der Waals surface area contributed by atoms with Gasteiger partial charge in [0.05, 0.1) is 95.6 Å². The van der Waals surface area contributed by atoms with Crippen LogP contribution < -0.4 is 25.6 Å². The van der Waals surface area contributed by atoms with Crippen LogP contribution in [0.4, 0.5) is 11.8 Å². The van der Waals surface area contributed by atoms with Crippen LogP contribution in [0.2, 0.25) is 0 Å². The predicted molar refractivity (Wildman–Crippen MR) is 299 cm³/mol. The van der Waals surface area contributed by atoms with E-state index in [0.29, 0.717) is 90.5 Å². The van der Waals surface area contributed by atoms with Gasteiger partial charge in [-0.1, -0.05) is 61.7 Å². The number of fused-ring (bicyclic) bond motifs is 1. The summed E-state index contributed by atoms with van der Waals surface area (Å²) in [6.07, 6.45) is 16.4. The number of aromatic nitrogens is 4. The van der Waals surface area contributed by atoms with Gasteiger partial charge in [-0.3, -0.25) is 9.59 Å². The summed E-state index contributed by atoms with van der Waals surface area (Å²) >= 11 is 0. The van der Waals surface area contributed by atoms with E-state index in [2.05, 4.69) is 72.0 Å². The van der Waals surface area contributed by atoms with Gasteiger partial charge in [0, 0.05) is 52.0 Å². The van der Waals surface area contributed by atoms with E-state index in [1.807, 2.05) is 62.4 Å². The highest BCUT2D eigenvalue weighted by Crippen LogP contribution is 2.35. The SMILES string of the molecule is CN[C@@H](C)C(=O)N[C@H](C(=O)N1CCC2CCN(CCc3ccc(OCCOCCOCCOCCOCCO[C@H]4CC[C@H](Nc5nccc(-c6cnn(Cc7ccccc7)c6N(C)C)n5)CC4)cc3)CC21)C1CCCCC1. The Kier molecular flexibility index (Phi) is 23.2. The van der Waals surface area contributed by atoms with E-state index < -0.39 is 6.04 Å². The first-order valence-electron chi connectivity index (χ1n) is 28.7. The zero-order valence-corrected chi connectivity index (χ0v) is 46.5. The van der Waals surface area contributed by atoms with Crippen LogP contribution in [-0.4, -0.2) is 185 Å². The third-order valence-electron chi connectivity index (χ3n) is 15.9. The number of hydrogen-bond acceptors (Lipinski definition) is 15. The summed E-state index contributed by atoms with van der Waals surface area (Å²) in [7, 11) is 5.86. The van der Waals surface area contributed by atoms with Crippen LogP contribution in [0, 0.1) is 11.8 Å². The molecule has 2 saturated carbocycles. The Hall–Kier alpha value is -5.21. The lowest BCUT2D eigenvalue weighted by Crippen LogP contribution is -2.58. The molecular formula is C59H88N10O8. The Bertz CT molecular complexity index is 2350. The molecule has 0 bridgehead atoms. The van der Waals surface area contributed by atoms with Crippen molar-refractivity contribution in [2.45, 2.75) is 121 Å². The quantitative estimate of drug-likeness (QED) is 0.0467. The Morgan fingerprint density at radius 3 is 2.12 bits per heavy atom. The van der Waals surface area contributed by atoms with E-state index >= 15 is 0 Å². The summed E-state index contributed by atoms with van der Waals surface area (Å²) in [4.78, 5) is 43.4. The van der Waals surface area contributed by atoms with Crippen molar-refractivity contribution in [2.75, 3.05) is 124 Å². The average molecular weight is 1070 g/mol. The molecule has 8 rings (SSSR count). The minimum absolute atomic E-state index is 0.0892. The Balaban J connectivity index is 0.604. The third kappa shape index (κ3) is 17.6. The number of carbonyl (C=O) groups excluding carboxylic acids is 2. The maximum absolute atomic E-state index is 14.2. The molecule has 2 amide bonds. The number of carbonyl (C=O) groups is 2. The first-order chi connectivity index (χ1) is 37.7. The normalized spacial score (nSPS) is 20.9. The molecule has 2 unspecified atom stereocenters. The second-order valence-electron chi connectivity index (χ2n) is 21.5. The van der Waals surface area contributed by atoms with Crippen LogP contribution in [-0.2, 0) is 46.2 Å². The molecule has 77 heavy (non-hydrogen) atoms. The van der Waals surface area contributed by atoms with Gasteiger partial charge in [0.2, 0.25) is 17.8 Å². The van der Waals surface area contributed by atoms with Crippen LogP contribution >= 0.6 is 0 Å². The minimum atomic E-state index is -0.435. The van der Waals surface area contributed by atoms with Gasteiger partial charge < -0.3 is 59.1 Å². The maximum Gasteiger partial charge on any atom is 0.245 e. The number of nitrogens with one attached hydrogen (secondary N) is 3. The number of anilines is 2. The van der Waals surface area contributed by atoms with E-state index in [1.54, 1.807) is 7.05 Å². The van der Waals surface area contributed by atoms with Crippen molar-refractivity contribution in [3.63, 3.8) is 0 Å². The number of likely N-dealkylation sites (N-methyl/N-ethyl adjacent to an activating group) is 1. The fourth-order valence-electron chi connectivity index (χ4n) is 11.5. The van der Waals surface area contributed by atoms with Crippen molar-refractivity contribution in [3.8, 4) is 17.0 Å². The number of benzene rings is 2. The molecule has 2 aliphatic heterocycles. The molecule has 3 N–H and O–H groups in total. The fraction of sp³-hybridized carbons (Fsp3) is 0.644. The van der Waals surface area contributed by atoms with Crippen LogP contribution in [0.15, 0.2) is 73.1 Å². The van der Waals surface area contributed by atoms with E-state index in [9.17, 15) is 9.59 Å². The van der Waals surface area contributed by atoms with Crippen LogP contribution in [0.3, 0.4) is 0 Å². The van der Waals surface area contributed by atoms with Crippen molar-refractivity contribution >= 4 is 23.6 Å². The van der Waals surface area contributed by atoms with Crippen molar-refractivity contribution in [1.82, 2.24) is 40.2 Å². The van der Waals surface area contributed by atoms with Gasteiger partial charge in [0.1, 0.15) is 24.2 Å². The van der Waals surface area contributed by atoms with Crippen LogP contribution in [0.1, 0.15) is 88.7 Å². The first-order valence-corrected chi connectivity index (χ1v) is 28.7. The number of amides is 2. The summed E-state index contributed by atoms with van der Waals surface area (Å²) < 4.78 is 36.9. The summed E-state index contributed by atoms with van der Waals surface area (Å²) in [5.74, 6) is 3.25. The Morgan fingerprint density at radius 2 is 1.43 bits per heavy atom. The minimum Gasteiger partial charge on any atom is -0.491 e. The van der Waals surface area contributed by atoms with Gasteiger partial charge in [-0.2, -0.15) is 5.10 Å². The van der Waals surface area contributed by atoms with Gasteiger partial charge in [0.15, 0.2) is 0 Å². The molecule has 4 heterocycles. The zero-order chi connectivity index (χ0) is 53.6. The molecule has 0 radical (unpaired) electrons. The van der Waals surface area contributed by atoms with Gasteiger partial charge in [0.25, 0.3) is 0 Å². The summed E-state index contributed by atoms with van der Waals surface area (Å²) in [5, 5.41) is 14.5. The van der Waals surface area contributed by atoms with Gasteiger partial charge >= 0.3 is 0 Å². The monoisotopic (exact) mass is 1060 g/mol. The molecule has 4 aliphatic rings. The third-order valence-corrected chi connectivity index (χ3v) is 15.9. The number of hydrogen-bond donors (Lipinski definition) is 3. The van der Waals surface area contributed by atoms with Crippen molar-refractivity contribution in [2.24, 2.45) is 11.8 Å². The second-order valence-corrected chi connectivity index (χ2v) is 21.5. The summed E-state index contributed by atoms with van der Waals surface area (Å²) in [6.45, 7) is 11.3. The number of rotatable bonds is 31. The standard InChI is InChI=1S/C59H88N10O8/c1-44(60-2)56(70)65-55(48-13-9-6-10-14-48)58(71)68-30-26-47-25-29-67(43-54(47)68)28-24-45-15-19-50(20-16-45)76-39-37-74-35-33-72-31-32-73-34-36-75-38-40-77-51-21-17-49(18-22-51)63-59-61-27-23-53(64-59)52-41-62-69(57(52)66(3)4)42-46-11-7-5-8-12-46/h5,7-8,11-12,15-16,19-20,23,27,41,44,47-49,51,54-55,60H,6,9-10,13-14,17-18,21-22,24-26,28-40,42-43H2,1-4H3,(H,65,70)(H,61,63,64)/t44-,47?,49-,51-,54?,55-/m0/s1. The molecule has 2 saturated heterocycles. The lowest BCUT2D eigenvalue weighted by Gasteiger charge is -2.41. The molecule has 2 aliphatic carbocycles. The highest BCUT2D eigenvalue weighted by molar-refractivity contribution is 5.90. The zero-order valence-electron chi connectivity index (χ0n) is 46.5. The molecule has 4 fully saturated rings. The number of ether oxygens (including phenoxy) is 6. The van der Waals surface area contributed by atoms with E-state index in [1.165, 1.54) is 17.5 Å². The Labute approximate surface area is 457 Å². The van der Waals surface area contributed by atoms with Crippen LogP contribution in [0.5, 0.6) is 5.75 Å². The number of likely N-dealkylation sites (tertiary alicyclic amines) is 2. The Morgan fingerprint density at radius 1 is 0.753 bits per heavy atom. The number of piperidine rings is 1. The molecule has 422 valence electrons. The largest absolute Gasteiger partial charge is 0.491 e. The fourth-order valence-corrected chi connectivity index (χ4v) is 11.5. The lowest BCUT2D eigenvalue weighted by atomic mass is 9.83. The maximum atomic E-state index is 14.2. The second kappa shape index (κ2) is 30.8. The number of nitrogens with zero attached hydrogens (tertiary/aromatic N) is 7. The van der Waals surface area contributed by atoms with Crippen molar-refractivity contribution in [1.29, 1.82) is 0 Å². The average Bonchev–Trinajstić information content (AvgIpc) is 4.11. The lowest BCUT2D eigenvalue weighted by molar-refractivity contribution is -0.140.